The maximum absolute atomic E-state index is 6.09. The van der Waals surface area contributed by atoms with Gasteiger partial charge in [-0.3, -0.25) is 0 Å². The summed E-state index contributed by atoms with van der Waals surface area (Å²) in [7, 11) is 1.57. The van der Waals surface area contributed by atoms with Crippen molar-refractivity contribution in [3.8, 4) is 5.88 Å². The molecule has 2 rings (SSSR count). The molecule has 0 bridgehead atoms. The number of nitrogens with two attached hydrogens (primary N) is 1. The lowest BCUT2D eigenvalue weighted by atomic mass is 10.0. The lowest BCUT2D eigenvalue weighted by Crippen LogP contribution is -2.14. The molecule has 1 fully saturated rings. The highest BCUT2D eigenvalue weighted by Crippen LogP contribution is 2.21. The summed E-state index contributed by atoms with van der Waals surface area (Å²) < 4.78 is 10.6. The molecule has 2 N–H and O–H groups in total. The van der Waals surface area contributed by atoms with Gasteiger partial charge < -0.3 is 15.2 Å². The highest BCUT2D eigenvalue weighted by atomic mass is 16.5. The van der Waals surface area contributed by atoms with Gasteiger partial charge in [-0.2, -0.15) is 5.10 Å². The molecule has 0 aliphatic carbocycles. The first-order valence-corrected chi connectivity index (χ1v) is 6.54. The Kier molecular flexibility index (Phi) is 4.90. The molecule has 1 aromatic rings. The molecule has 1 saturated heterocycles. The van der Waals surface area contributed by atoms with E-state index in [0.717, 1.165) is 31.6 Å². The van der Waals surface area contributed by atoms with Crippen molar-refractivity contribution < 1.29 is 9.47 Å². The zero-order valence-corrected chi connectivity index (χ0v) is 10.8. The second-order valence-electron chi connectivity index (χ2n) is 4.67. The molecule has 0 amide bonds. The maximum Gasteiger partial charge on any atom is 0.233 e. The van der Waals surface area contributed by atoms with Crippen LogP contribution >= 0.6 is 0 Å². The Hall–Kier alpha value is -1.20. The van der Waals surface area contributed by atoms with Gasteiger partial charge in [0.15, 0.2) is 0 Å². The van der Waals surface area contributed by atoms with Crippen molar-refractivity contribution >= 4 is 0 Å². The summed E-state index contributed by atoms with van der Waals surface area (Å²) in [6.07, 6.45) is 5.91. The van der Waals surface area contributed by atoms with Crippen molar-refractivity contribution in [2.75, 3.05) is 13.7 Å². The smallest absolute Gasteiger partial charge is 0.233 e. The van der Waals surface area contributed by atoms with E-state index < -0.39 is 0 Å². The van der Waals surface area contributed by atoms with Gasteiger partial charge in [-0.05, 0) is 38.2 Å². The van der Waals surface area contributed by atoms with E-state index in [-0.39, 0.29) is 6.04 Å². The van der Waals surface area contributed by atoms with Crippen LogP contribution in [0.15, 0.2) is 12.1 Å². The molecule has 0 saturated carbocycles. The van der Waals surface area contributed by atoms with Crippen molar-refractivity contribution in [1.29, 1.82) is 0 Å². The zero-order chi connectivity index (χ0) is 12.8. The molecule has 2 heterocycles. The first-order valence-electron chi connectivity index (χ1n) is 6.54. The lowest BCUT2D eigenvalue weighted by molar-refractivity contribution is 0.101. The molecule has 0 aromatic carbocycles. The quantitative estimate of drug-likeness (QED) is 0.835. The summed E-state index contributed by atoms with van der Waals surface area (Å²) in [5.41, 5.74) is 6.91. The molecule has 1 aliphatic rings. The molecular formula is C13H21N3O2. The summed E-state index contributed by atoms with van der Waals surface area (Å²) in [6.45, 7) is 0.917. The van der Waals surface area contributed by atoms with Crippen LogP contribution in [0, 0.1) is 0 Å². The van der Waals surface area contributed by atoms with E-state index in [0.29, 0.717) is 12.0 Å². The van der Waals surface area contributed by atoms with Crippen LogP contribution in [0.1, 0.15) is 43.8 Å². The molecule has 2 atom stereocenters. The van der Waals surface area contributed by atoms with E-state index in [1.807, 2.05) is 6.07 Å². The van der Waals surface area contributed by atoms with Crippen molar-refractivity contribution in [3.63, 3.8) is 0 Å². The summed E-state index contributed by atoms with van der Waals surface area (Å²) in [4.78, 5) is 0. The number of nitrogens with zero attached hydrogens (tertiary/aromatic N) is 2. The van der Waals surface area contributed by atoms with E-state index in [1.54, 1.807) is 13.2 Å². The van der Waals surface area contributed by atoms with E-state index in [9.17, 15) is 0 Å². The third-order valence-corrected chi connectivity index (χ3v) is 3.31. The van der Waals surface area contributed by atoms with Gasteiger partial charge in [-0.1, -0.05) is 0 Å². The number of hydrogen-bond donors (Lipinski definition) is 1. The minimum absolute atomic E-state index is 0.0511. The summed E-state index contributed by atoms with van der Waals surface area (Å²) >= 11 is 0. The Bertz CT molecular complexity index is 350. The van der Waals surface area contributed by atoms with E-state index in [2.05, 4.69) is 10.2 Å². The third kappa shape index (κ3) is 3.65. The zero-order valence-electron chi connectivity index (χ0n) is 10.8. The number of aromatic nitrogens is 2. The minimum atomic E-state index is -0.0511. The molecule has 2 unspecified atom stereocenters. The van der Waals surface area contributed by atoms with E-state index in [1.165, 1.54) is 12.8 Å². The Morgan fingerprint density at radius 1 is 1.50 bits per heavy atom. The van der Waals surface area contributed by atoms with Gasteiger partial charge in [-0.15, -0.1) is 5.10 Å². The van der Waals surface area contributed by atoms with Crippen molar-refractivity contribution in [2.45, 2.75) is 44.2 Å². The molecule has 0 radical (unpaired) electrons. The lowest BCUT2D eigenvalue weighted by Gasteiger charge is -2.12. The fraction of sp³-hybridized carbons (Fsp3) is 0.692. The largest absolute Gasteiger partial charge is 0.480 e. The van der Waals surface area contributed by atoms with Gasteiger partial charge in [0.2, 0.25) is 5.88 Å². The Balaban J connectivity index is 1.74. The molecule has 1 aromatic heterocycles. The van der Waals surface area contributed by atoms with Crippen LogP contribution in [0.5, 0.6) is 5.88 Å². The van der Waals surface area contributed by atoms with Crippen LogP contribution in [-0.2, 0) is 4.74 Å². The number of hydrogen-bond acceptors (Lipinski definition) is 5. The second kappa shape index (κ2) is 6.66. The third-order valence-electron chi connectivity index (χ3n) is 3.31. The first kappa shape index (κ1) is 13.2. The average Bonchev–Trinajstić information content (AvgIpc) is 2.92. The van der Waals surface area contributed by atoms with Crippen LogP contribution in [-0.4, -0.2) is 30.0 Å². The van der Waals surface area contributed by atoms with E-state index >= 15 is 0 Å². The molecule has 1 aliphatic heterocycles. The van der Waals surface area contributed by atoms with Crippen LogP contribution in [0.3, 0.4) is 0 Å². The molecule has 5 nitrogen and oxygen atoms in total. The number of ether oxygens (including phenoxy) is 2. The molecule has 18 heavy (non-hydrogen) atoms. The van der Waals surface area contributed by atoms with Crippen molar-refractivity contribution in [2.24, 2.45) is 5.73 Å². The number of methoxy groups -OCH3 is 1. The first-order chi connectivity index (χ1) is 8.79. The van der Waals surface area contributed by atoms with Gasteiger partial charge in [0, 0.05) is 18.7 Å². The van der Waals surface area contributed by atoms with Crippen molar-refractivity contribution in [3.05, 3.63) is 17.8 Å². The molecule has 0 spiro atoms. The second-order valence-corrected chi connectivity index (χ2v) is 4.67. The Morgan fingerprint density at radius 3 is 3.00 bits per heavy atom. The minimum Gasteiger partial charge on any atom is -0.480 e. The molecule has 100 valence electrons. The van der Waals surface area contributed by atoms with Crippen molar-refractivity contribution in [1.82, 2.24) is 10.2 Å². The van der Waals surface area contributed by atoms with Crippen LogP contribution in [0.25, 0.3) is 0 Å². The normalized spacial score (nSPS) is 20.9. The maximum atomic E-state index is 6.09. The van der Waals surface area contributed by atoms with Gasteiger partial charge in [0.1, 0.15) is 0 Å². The van der Waals surface area contributed by atoms with Crippen LogP contribution in [0.2, 0.25) is 0 Å². The van der Waals surface area contributed by atoms with E-state index in [4.69, 9.17) is 15.2 Å². The predicted octanol–water partition coefficient (Wildman–Crippen LogP) is 1.83. The van der Waals surface area contributed by atoms with Crippen LogP contribution < -0.4 is 10.5 Å². The Labute approximate surface area is 108 Å². The highest BCUT2D eigenvalue weighted by molar-refractivity contribution is 5.13. The predicted molar refractivity (Wildman–Crippen MR) is 68.3 cm³/mol. The highest BCUT2D eigenvalue weighted by Gasteiger charge is 2.16. The fourth-order valence-electron chi connectivity index (χ4n) is 2.22. The van der Waals surface area contributed by atoms with Crippen LogP contribution in [0.4, 0.5) is 0 Å². The van der Waals surface area contributed by atoms with Gasteiger partial charge in [-0.25, -0.2) is 0 Å². The average molecular weight is 251 g/mol. The summed E-state index contributed by atoms with van der Waals surface area (Å²) in [5.74, 6) is 0.519. The topological polar surface area (TPSA) is 70.3 Å². The standard InChI is InChI=1S/C13H21N3O2/c1-17-13-8-7-12(15-16-13)11(14)6-2-4-10-5-3-9-18-10/h7-8,10-11H,2-6,9,14H2,1H3. The summed E-state index contributed by atoms with van der Waals surface area (Å²) in [5, 5.41) is 8.00. The molecular weight excluding hydrogens is 230 g/mol. The Morgan fingerprint density at radius 2 is 2.39 bits per heavy atom. The van der Waals surface area contributed by atoms with Gasteiger partial charge in [0.05, 0.1) is 18.9 Å². The summed E-state index contributed by atoms with van der Waals surface area (Å²) in [6, 6.07) is 3.62. The van der Waals surface area contributed by atoms with Gasteiger partial charge >= 0.3 is 0 Å². The SMILES string of the molecule is COc1ccc(C(N)CCCC2CCCO2)nn1. The van der Waals surface area contributed by atoms with Gasteiger partial charge in [0.25, 0.3) is 0 Å². The monoisotopic (exact) mass is 251 g/mol. The fourth-order valence-corrected chi connectivity index (χ4v) is 2.22. The number of rotatable bonds is 6. The molecule has 5 heteroatoms.